The Balaban J connectivity index is 2.11. The third kappa shape index (κ3) is 1.81. The van der Waals surface area contributed by atoms with Crippen LogP contribution in [0.2, 0.25) is 0 Å². The maximum Gasteiger partial charge on any atom is 0.126 e. The minimum absolute atomic E-state index is 0.121. The molecule has 0 spiro atoms. The Bertz CT molecular complexity index is 536. The Kier molecular flexibility index (Phi) is 3.15. The monoisotopic (exact) mass is 272 g/mol. The van der Waals surface area contributed by atoms with E-state index in [1.807, 2.05) is 0 Å². The lowest BCUT2D eigenvalue weighted by Crippen LogP contribution is -2.49. The van der Waals surface area contributed by atoms with Gasteiger partial charge in [-0.1, -0.05) is 26.3 Å². The molecule has 3 rings (SSSR count). The van der Waals surface area contributed by atoms with Crippen molar-refractivity contribution < 1.29 is 9.53 Å². The van der Waals surface area contributed by atoms with Gasteiger partial charge in [-0.25, -0.2) is 0 Å². The van der Waals surface area contributed by atoms with Gasteiger partial charge in [0.1, 0.15) is 12.0 Å². The topological polar surface area (TPSA) is 26.3 Å². The van der Waals surface area contributed by atoms with Gasteiger partial charge >= 0.3 is 0 Å². The predicted octanol–water partition coefficient (Wildman–Crippen LogP) is 3.90. The highest BCUT2D eigenvalue weighted by Crippen LogP contribution is 2.56. The van der Waals surface area contributed by atoms with Crippen molar-refractivity contribution in [1.29, 1.82) is 0 Å². The summed E-state index contributed by atoms with van der Waals surface area (Å²) < 4.78 is 5.41. The van der Waals surface area contributed by atoms with E-state index in [9.17, 15) is 4.79 Å². The van der Waals surface area contributed by atoms with Crippen molar-refractivity contribution in [1.82, 2.24) is 0 Å². The fraction of sp³-hybridized carbons (Fsp3) is 0.611. The van der Waals surface area contributed by atoms with Crippen LogP contribution in [0.4, 0.5) is 0 Å². The van der Waals surface area contributed by atoms with Crippen molar-refractivity contribution in [2.75, 3.05) is 7.11 Å². The quantitative estimate of drug-likeness (QED) is 0.763. The van der Waals surface area contributed by atoms with Gasteiger partial charge in [-0.05, 0) is 60.3 Å². The molecule has 2 heteroatoms. The molecule has 0 aromatic heterocycles. The largest absolute Gasteiger partial charge is 0.497 e. The van der Waals surface area contributed by atoms with Crippen LogP contribution in [0, 0.1) is 11.3 Å². The lowest BCUT2D eigenvalue weighted by atomic mass is 9.50. The summed E-state index contributed by atoms with van der Waals surface area (Å²) >= 11 is 0. The van der Waals surface area contributed by atoms with Gasteiger partial charge < -0.3 is 9.53 Å². The maximum absolute atomic E-state index is 11.7. The molecule has 0 aliphatic heterocycles. The van der Waals surface area contributed by atoms with E-state index in [0.717, 1.165) is 31.4 Å². The first-order valence-electron chi connectivity index (χ1n) is 7.67. The van der Waals surface area contributed by atoms with Crippen LogP contribution in [0.5, 0.6) is 5.75 Å². The number of rotatable bonds is 2. The summed E-state index contributed by atoms with van der Waals surface area (Å²) in [5.74, 6) is 1.39. The molecule has 2 aliphatic rings. The zero-order valence-corrected chi connectivity index (χ0v) is 12.7. The van der Waals surface area contributed by atoms with Gasteiger partial charge in [0.25, 0.3) is 0 Å². The number of carbonyl (C=O) groups is 1. The van der Waals surface area contributed by atoms with E-state index in [2.05, 4.69) is 32.0 Å². The molecule has 3 atom stereocenters. The number of ether oxygens (including phenoxy) is 1. The number of aryl methyl sites for hydroxylation is 1. The molecule has 2 nitrogen and oxygen atoms in total. The van der Waals surface area contributed by atoms with E-state index >= 15 is 0 Å². The van der Waals surface area contributed by atoms with Crippen molar-refractivity contribution >= 4 is 6.29 Å². The van der Waals surface area contributed by atoms with Gasteiger partial charge in [0.05, 0.1) is 7.11 Å². The van der Waals surface area contributed by atoms with E-state index in [-0.39, 0.29) is 10.8 Å². The zero-order valence-electron chi connectivity index (χ0n) is 12.7. The fourth-order valence-electron chi connectivity index (χ4n) is 4.76. The maximum atomic E-state index is 11.7. The Morgan fingerprint density at radius 3 is 2.80 bits per heavy atom. The number of fused-ring (bicyclic) bond motifs is 3. The summed E-state index contributed by atoms with van der Waals surface area (Å²) in [5, 5.41) is 0. The van der Waals surface area contributed by atoms with Gasteiger partial charge in [-0.15, -0.1) is 0 Å². The fourth-order valence-corrected chi connectivity index (χ4v) is 4.76. The Morgan fingerprint density at radius 2 is 2.10 bits per heavy atom. The van der Waals surface area contributed by atoms with Crippen molar-refractivity contribution in [2.45, 2.75) is 51.4 Å². The third-order valence-electron chi connectivity index (χ3n) is 5.88. The van der Waals surface area contributed by atoms with Gasteiger partial charge in [-0.3, -0.25) is 0 Å². The van der Waals surface area contributed by atoms with Crippen molar-refractivity contribution in [3.05, 3.63) is 29.3 Å². The molecule has 2 aliphatic carbocycles. The van der Waals surface area contributed by atoms with Crippen molar-refractivity contribution in [2.24, 2.45) is 11.3 Å². The molecule has 1 aromatic carbocycles. The number of methoxy groups -OCH3 is 1. The molecule has 0 N–H and O–H groups in total. The summed E-state index contributed by atoms with van der Waals surface area (Å²) in [7, 11) is 1.72. The van der Waals surface area contributed by atoms with E-state index in [0.29, 0.717) is 5.92 Å². The molecular weight excluding hydrogens is 248 g/mol. The average molecular weight is 272 g/mol. The van der Waals surface area contributed by atoms with E-state index < -0.39 is 0 Å². The van der Waals surface area contributed by atoms with Crippen LogP contribution in [0.25, 0.3) is 0 Å². The standard InChI is InChI=1S/C18H24O2/c1-17(12-19)9-4-10-18(2)15-11-14(20-3)7-5-13(15)6-8-16(17)18/h5,7,11-12,16H,4,6,8-10H2,1-3H3/t16-,17-,18+/m1/s1. The molecule has 1 fully saturated rings. The highest BCUT2D eigenvalue weighted by molar-refractivity contribution is 5.61. The summed E-state index contributed by atoms with van der Waals surface area (Å²) in [6.07, 6.45) is 6.80. The van der Waals surface area contributed by atoms with Crippen LogP contribution in [0.15, 0.2) is 18.2 Å². The minimum Gasteiger partial charge on any atom is -0.497 e. The second-order valence-electron chi connectivity index (χ2n) is 7.01. The molecule has 1 saturated carbocycles. The molecule has 108 valence electrons. The summed E-state index contributed by atoms with van der Waals surface area (Å²) in [6, 6.07) is 6.48. The number of benzene rings is 1. The zero-order chi connectivity index (χ0) is 14.4. The third-order valence-corrected chi connectivity index (χ3v) is 5.88. The number of hydrogen-bond acceptors (Lipinski definition) is 2. The smallest absolute Gasteiger partial charge is 0.126 e. The van der Waals surface area contributed by atoms with Crippen LogP contribution in [-0.4, -0.2) is 13.4 Å². The van der Waals surface area contributed by atoms with Gasteiger partial charge in [0.2, 0.25) is 0 Å². The number of hydrogen-bond donors (Lipinski definition) is 0. The highest BCUT2D eigenvalue weighted by Gasteiger charge is 2.51. The highest BCUT2D eigenvalue weighted by atomic mass is 16.5. The Labute approximate surface area is 121 Å². The first-order valence-corrected chi connectivity index (χ1v) is 7.67. The Hall–Kier alpha value is -1.31. The van der Waals surface area contributed by atoms with Crippen molar-refractivity contribution in [3.8, 4) is 5.75 Å². The van der Waals surface area contributed by atoms with Gasteiger partial charge in [0.15, 0.2) is 0 Å². The Morgan fingerprint density at radius 1 is 1.30 bits per heavy atom. The van der Waals surface area contributed by atoms with Gasteiger partial charge in [-0.2, -0.15) is 0 Å². The molecule has 0 saturated heterocycles. The summed E-state index contributed by atoms with van der Waals surface area (Å²) in [6.45, 7) is 4.52. The van der Waals surface area contributed by atoms with Crippen LogP contribution in [-0.2, 0) is 16.6 Å². The van der Waals surface area contributed by atoms with Crippen LogP contribution in [0.3, 0.4) is 0 Å². The molecule has 0 amide bonds. The second-order valence-corrected chi connectivity index (χ2v) is 7.01. The average Bonchev–Trinajstić information content (AvgIpc) is 2.46. The molecule has 0 bridgehead atoms. The van der Waals surface area contributed by atoms with Gasteiger partial charge in [0, 0.05) is 5.41 Å². The van der Waals surface area contributed by atoms with Crippen LogP contribution >= 0.6 is 0 Å². The van der Waals surface area contributed by atoms with E-state index in [1.165, 1.54) is 23.8 Å². The first-order chi connectivity index (χ1) is 9.53. The van der Waals surface area contributed by atoms with E-state index in [1.54, 1.807) is 7.11 Å². The molecule has 20 heavy (non-hydrogen) atoms. The van der Waals surface area contributed by atoms with Crippen LogP contribution in [0.1, 0.15) is 50.7 Å². The molecule has 0 heterocycles. The summed E-state index contributed by atoms with van der Waals surface area (Å²) in [4.78, 5) is 11.7. The molecular formula is C18H24O2. The normalized spacial score (nSPS) is 35.9. The number of carbonyl (C=O) groups excluding carboxylic acids is 1. The predicted molar refractivity (Wildman–Crippen MR) is 80.2 cm³/mol. The minimum atomic E-state index is -0.159. The molecule has 0 unspecified atom stereocenters. The first kappa shape index (κ1) is 13.7. The number of aldehydes is 1. The van der Waals surface area contributed by atoms with Crippen molar-refractivity contribution in [3.63, 3.8) is 0 Å². The van der Waals surface area contributed by atoms with Crippen LogP contribution < -0.4 is 4.74 Å². The molecule has 0 radical (unpaired) electrons. The SMILES string of the molecule is COc1ccc2c(c1)[C@]1(C)CCC[C@](C)(C=O)[C@H]1CC2. The molecule has 1 aromatic rings. The van der Waals surface area contributed by atoms with E-state index in [4.69, 9.17) is 4.74 Å². The summed E-state index contributed by atoms with van der Waals surface area (Å²) in [5.41, 5.74) is 2.82. The lowest BCUT2D eigenvalue weighted by Gasteiger charge is -2.53. The second kappa shape index (κ2) is 4.61. The lowest BCUT2D eigenvalue weighted by molar-refractivity contribution is -0.123.